The molecule has 4 heterocycles. The SMILES string of the molecule is c1ccc(-c2cc(-c3ccc(-n4c5ccccc5c5ccc(-n6ncc7c6ccc6c8ccccc8n(-c8ccccc8)c67)cc54)cc3)nc(-c3ccccc3)n2)cc1. The minimum absolute atomic E-state index is 0.703. The standard InChI is InChI=1S/C53H34N6/c1-4-14-35(15-5-1)46-33-47(56-53(55-46)37-16-6-2-7-17-37)36-24-26-39(27-25-36)57-48-22-12-10-20-41(48)43-29-28-40(32-51(43)57)59-50-31-30-44-42-21-11-13-23-49(42)58(38-18-8-3-9-19-38)52(44)45(50)34-54-59/h1-34H. The Labute approximate surface area is 339 Å². The molecule has 0 saturated heterocycles. The largest absolute Gasteiger partial charge is 0.309 e. The third kappa shape index (κ3) is 5.31. The topological polar surface area (TPSA) is 53.5 Å². The van der Waals surface area contributed by atoms with Crippen LogP contribution in [-0.2, 0) is 0 Å². The highest BCUT2D eigenvalue weighted by Gasteiger charge is 2.19. The van der Waals surface area contributed by atoms with Gasteiger partial charge in [-0.25, -0.2) is 14.6 Å². The van der Waals surface area contributed by atoms with Crippen molar-refractivity contribution in [3.05, 3.63) is 206 Å². The molecule has 0 bridgehead atoms. The Bertz CT molecular complexity index is 3470. The van der Waals surface area contributed by atoms with Crippen molar-refractivity contribution in [1.29, 1.82) is 0 Å². The summed E-state index contributed by atoms with van der Waals surface area (Å²) < 4.78 is 6.81. The molecule has 0 spiro atoms. The summed E-state index contributed by atoms with van der Waals surface area (Å²) in [5.74, 6) is 0.703. The molecule has 0 unspecified atom stereocenters. The van der Waals surface area contributed by atoms with Gasteiger partial charge in [0.1, 0.15) is 0 Å². The van der Waals surface area contributed by atoms with E-state index in [4.69, 9.17) is 15.1 Å². The molecule has 4 aromatic heterocycles. The first-order chi connectivity index (χ1) is 29.3. The molecular formula is C53H34N6. The number of hydrogen-bond donors (Lipinski definition) is 0. The van der Waals surface area contributed by atoms with Crippen molar-refractivity contribution in [2.75, 3.05) is 0 Å². The first-order valence-electron chi connectivity index (χ1n) is 19.9. The molecule has 0 amide bonds. The first-order valence-corrected chi connectivity index (χ1v) is 19.9. The summed E-state index contributed by atoms with van der Waals surface area (Å²) in [6, 6.07) is 70.4. The Morgan fingerprint density at radius 2 is 0.847 bits per heavy atom. The van der Waals surface area contributed by atoms with Crippen molar-refractivity contribution in [3.63, 3.8) is 0 Å². The lowest BCUT2D eigenvalue weighted by molar-refractivity contribution is 0.911. The van der Waals surface area contributed by atoms with Crippen LogP contribution in [0.5, 0.6) is 0 Å². The van der Waals surface area contributed by atoms with Crippen LogP contribution in [0.3, 0.4) is 0 Å². The number of aromatic nitrogens is 6. The van der Waals surface area contributed by atoms with Crippen LogP contribution >= 0.6 is 0 Å². The summed E-state index contributed by atoms with van der Waals surface area (Å²) in [6.07, 6.45) is 2.02. The summed E-state index contributed by atoms with van der Waals surface area (Å²) in [7, 11) is 0. The number of para-hydroxylation sites is 3. The molecule has 0 aliphatic heterocycles. The lowest BCUT2D eigenvalue weighted by Gasteiger charge is -2.12. The van der Waals surface area contributed by atoms with E-state index in [1.165, 1.54) is 27.1 Å². The van der Waals surface area contributed by atoms with E-state index < -0.39 is 0 Å². The molecule has 0 fully saturated rings. The second kappa shape index (κ2) is 13.3. The van der Waals surface area contributed by atoms with E-state index in [9.17, 15) is 0 Å². The van der Waals surface area contributed by atoms with Gasteiger partial charge in [-0.3, -0.25) is 0 Å². The second-order valence-corrected chi connectivity index (χ2v) is 14.9. The van der Waals surface area contributed by atoms with Gasteiger partial charge in [0.2, 0.25) is 0 Å². The van der Waals surface area contributed by atoms with Gasteiger partial charge in [-0.15, -0.1) is 0 Å². The summed E-state index contributed by atoms with van der Waals surface area (Å²) >= 11 is 0. The van der Waals surface area contributed by atoms with Gasteiger partial charge >= 0.3 is 0 Å². The quantitative estimate of drug-likeness (QED) is 0.170. The molecule has 59 heavy (non-hydrogen) atoms. The molecule has 8 aromatic carbocycles. The number of rotatable bonds is 6. The normalized spacial score (nSPS) is 11.7. The zero-order chi connectivity index (χ0) is 38.9. The van der Waals surface area contributed by atoms with Crippen molar-refractivity contribution in [2.45, 2.75) is 0 Å². The molecule has 6 heteroatoms. The Kier molecular flexibility index (Phi) is 7.43. The third-order valence-corrected chi connectivity index (χ3v) is 11.5. The number of hydrogen-bond acceptors (Lipinski definition) is 3. The third-order valence-electron chi connectivity index (χ3n) is 11.5. The predicted octanol–water partition coefficient (Wildman–Crippen LogP) is 13.0. The van der Waals surface area contributed by atoms with Crippen LogP contribution in [0.1, 0.15) is 0 Å². The molecule has 12 rings (SSSR count). The van der Waals surface area contributed by atoms with Crippen LogP contribution in [0.4, 0.5) is 0 Å². The zero-order valence-corrected chi connectivity index (χ0v) is 31.8. The van der Waals surface area contributed by atoms with Crippen LogP contribution in [0, 0.1) is 0 Å². The number of benzene rings is 8. The Morgan fingerprint density at radius 3 is 1.56 bits per heavy atom. The predicted molar refractivity (Wildman–Crippen MR) is 242 cm³/mol. The van der Waals surface area contributed by atoms with Gasteiger partial charge in [-0.2, -0.15) is 5.10 Å². The van der Waals surface area contributed by atoms with E-state index in [0.717, 1.165) is 72.6 Å². The van der Waals surface area contributed by atoms with E-state index in [-0.39, 0.29) is 0 Å². The molecule has 12 aromatic rings. The van der Waals surface area contributed by atoms with Gasteiger partial charge in [0.05, 0.1) is 50.9 Å². The van der Waals surface area contributed by atoms with Crippen molar-refractivity contribution in [1.82, 2.24) is 28.9 Å². The molecule has 0 aliphatic carbocycles. The maximum atomic E-state index is 5.08. The fourth-order valence-corrected chi connectivity index (χ4v) is 8.83. The highest BCUT2D eigenvalue weighted by molar-refractivity contribution is 6.18. The monoisotopic (exact) mass is 754 g/mol. The van der Waals surface area contributed by atoms with Crippen LogP contribution in [0.25, 0.3) is 105 Å². The van der Waals surface area contributed by atoms with Gasteiger partial charge in [-0.1, -0.05) is 133 Å². The van der Waals surface area contributed by atoms with Crippen LogP contribution in [-0.4, -0.2) is 28.9 Å². The average Bonchev–Trinajstić information content (AvgIpc) is 4.00. The minimum Gasteiger partial charge on any atom is -0.309 e. The van der Waals surface area contributed by atoms with E-state index in [0.29, 0.717) is 5.82 Å². The highest BCUT2D eigenvalue weighted by atomic mass is 15.3. The highest BCUT2D eigenvalue weighted by Crippen LogP contribution is 2.39. The smallest absolute Gasteiger partial charge is 0.160 e. The average molecular weight is 755 g/mol. The molecule has 0 N–H and O–H groups in total. The van der Waals surface area contributed by atoms with Crippen molar-refractivity contribution >= 4 is 54.5 Å². The first kappa shape index (κ1) is 33.1. The molecule has 6 nitrogen and oxygen atoms in total. The molecular weight excluding hydrogens is 721 g/mol. The zero-order valence-electron chi connectivity index (χ0n) is 31.8. The Morgan fingerprint density at radius 1 is 0.322 bits per heavy atom. The number of fused-ring (bicyclic) bond motifs is 8. The second-order valence-electron chi connectivity index (χ2n) is 14.9. The summed E-state index contributed by atoms with van der Waals surface area (Å²) in [5, 5.41) is 11.0. The fourth-order valence-electron chi connectivity index (χ4n) is 8.83. The molecule has 0 aliphatic rings. The van der Waals surface area contributed by atoms with Crippen molar-refractivity contribution in [3.8, 4) is 51.0 Å². The van der Waals surface area contributed by atoms with E-state index in [1.54, 1.807) is 0 Å². The van der Waals surface area contributed by atoms with Gasteiger partial charge < -0.3 is 9.13 Å². The summed E-state index contributed by atoms with van der Waals surface area (Å²) in [5.41, 5.74) is 13.7. The van der Waals surface area contributed by atoms with Gasteiger partial charge in [-0.05, 0) is 66.7 Å². The molecule has 0 saturated carbocycles. The van der Waals surface area contributed by atoms with Crippen LogP contribution in [0.15, 0.2) is 206 Å². The minimum atomic E-state index is 0.703. The molecule has 276 valence electrons. The summed E-state index contributed by atoms with van der Waals surface area (Å²) in [6.45, 7) is 0. The molecule has 0 atom stereocenters. The summed E-state index contributed by atoms with van der Waals surface area (Å²) in [4.78, 5) is 10.1. The Hall–Kier alpha value is -8.09. The van der Waals surface area contributed by atoms with E-state index >= 15 is 0 Å². The maximum absolute atomic E-state index is 5.08. The lowest BCUT2D eigenvalue weighted by atomic mass is 10.1. The van der Waals surface area contributed by atoms with E-state index in [1.807, 2.05) is 42.6 Å². The molecule has 0 radical (unpaired) electrons. The Balaban J connectivity index is 1.00. The lowest BCUT2D eigenvalue weighted by Crippen LogP contribution is -1.99. The van der Waals surface area contributed by atoms with Crippen molar-refractivity contribution in [2.24, 2.45) is 0 Å². The van der Waals surface area contributed by atoms with Crippen LogP contribution < -0.4 is 0 Å². The van der Waals surface area contributed by atoms with Crippen molar-refractivity contribution < 1.29 is 0 Å². The maximum Gasteiger partial charge on any atom is 0.160 e. The van der Waals surface area contributed by atoms with Gasteiger partial charge in [0.15, 0.2) is 5.82 Å². The van der Waals surface area contributed by atoms with Gasteiger partial charge in [0.25, 0.3) is 0 Å². The van der Waals surface area contributed by atoms with Crippen LogP contribution in [0.2, 0.25) is 0 Å². The fraction of sp³-hybridized carbons (Fsp3) is 0. The number of nitrogens with zero attached hydrogens (tertiary/aromatic N) is 6. The van der Waals surface area contributed by atoms with Gasteiger partial charge in [0, 0.05) is 55.0 Å². The van der Waals surface area contributed by atoms with E-state index in [2.05, 4.69) is 178 Å².